The molecule has 7 heteroatoms. The highest BCUT2D eigenvalue weighted by atomic mass is 16.6. The van der Waals surface area contributed by atoms with E-state index in [2.05, 4.69) is 27.2 Å². The molecule has 1 N–H and O–H groups in total. The number of fused-ring (bicyclic) bond motifs is 2. The van der Waals surface area contributed by atoms with Crippen LogP contribution in [0.5, 0.6) is 0 Å². The van der Waals surface area contributed by atoms with Gasteiger partial charge in [-0.3, -0.25) is 9.69 Å². The van der Waals surface area contributed by atoms with Crippen LogP contribution < -0.4 is 10.2 Å². The maximum atomic E-state index is 12.3. The summed E-state index contributed by atoms with van der Waals surface area (Å²) in [6, 6.07) is 6.36. The molecule has 2 saturated heterocycles. The van der Waals surface area contributed by atoms with Gasteiger partial charge in [-0.25, -0.2) is 4.79 Å². The van der Waals surface area contributed by atoms with Gasteiger partial charge >= 0.3 is 6.09 Å². The Bertz CT molecular complexity index is 929. The lowest BCUT2D eigenvalue weighted by Gasteiger charge is -2.39. The van der Waals surface area contributed by atoms with Gasteiger partial charge in [0.15, 0.2) is 0 Å². The summed E-state index contributed by atoms with van der Waals surface area (Å²) < 4.78 is 5.51. The van der Waals surface area contributed by atoms with Crippen molar-refractivity contribution in [1.29, 1.82) is 0 Å². The highest BCUT2D eigenvalue weighted by Crippen LogP contribution is 2.48. The molecule has 32 heavy (non-hydrogen) atoms. The summed E-state index contributed by atoms with van der Waals surface area (Å²) in [6.45, 7) is 12.5. The topological polar surface area (TPSA) is 65.1 Å². The molecule has 1 aliphatic carbocycles. The zero-order valence-electron chi connectivity index (χ0n) is 19.4. The van der Waals surface area contributed by atoms with Crippen LogP contribution in [0.3, 0.4) is 0 Å². The molecule has 0 radical (unpaired) electrons. The molecule has 3 aliphatic heterocycles. The number of likely N-dealkylation sites (tertiary alicyclic amines) is 1. The average molecular weight is 439 g/mol. The summed E-state index contributed by atoms with van der Waals surface area (Å²) in [5.74, 6) is 0.713. The first-order valence-corrected chi connectivity index (χ1v) is 11.9. The van der Waals surface area contributed by atoms with Crippen LogP contribution in [-0.4, -0.2) is 73.2 Å². The number of ether oxygens (including phenoxy) is 1. The second-order valence-corrected chi connectivity index (χ2v) is 10.6. The van der Waals surface area contributed by atoms with E-state index in [1.165, 1.54) is 5.69 Å². The van der Waals surface area contributed by atoms with E-state index in [1.807, 2.05) is 43.9 Å². The van der Waals surface area contributed by atoms with Gasteiger partial charge in [0.05, 0.1) is 0 Å². The van der Waals surface area contributed by atoms with Gasteiger partial charge in [-0.2, -0.15) is 0 Å². The Balaban J connectivity index is 1.10. The maximum Gasteiger partial charge on any atom is 0.410 e. The van der Waals surface area contributed by atoms with E-state index in [0.717, 1.165) is 69.9 Å². The summed E-state index contributed by atoms with van der Waals surface area (Å²) in [4.78, 5) is 31.4. The van der Waals surface area contributed by atoms with Crippen LogP contribution in [0, 0.1) is 5.92 Å². The lowest BCUT2D eigenvalue weighted by Crippen LogP contribution is -2.49. The number of rotatable bonds is 3. The van der Waals surface area contributed by atoms with Gasteiger partial charge in [-0.1, -0.05) is 12.2 Å². The minimum atomic E-state index is -0.471. The van der Waals surface area contributed by atoms with Crippen LogP contribution in [0.2, 0.25) is 0 Å². The zero-order valence-corrected chi connectivity index (χ0v) is 19.4. The second-order valence-electron chi connectivity index (χ2n) is 10.6. The second kappa shape index (κ2) is 7.80. The number of nitrogens with one attached hydrogen (secondary N) is 1. The fourth-order valence-electron chi connectivity index (χ4n) is 5.12. The van der Waals surface area contributed by atoms with Gasteiger partial charge in [0, 0.05) is 62.8 Å². The van der Waals surface area contributed by atoms with Crippen molar-refractivity contribution in [3.63, 3.8) is 0 Å². The number of piperidine rings is 1. The molecular weight excluding hydrogens is 404 g/mol. The third kappa shape index (κ3) is 4.10. The van der Waals surface area contributed by atoms with E-state index in [1.54, 1.807) is 0 Å². The molecule has 2 fully saturated rings. The Labute approximate surface area is 190 Å². The summed E-state index contributed by atoms with van der Waals surface area (Å²) in [5.41, 5.74) is 2.34. The molecule has 172 valence electrons. The molecule has 0 saturated carbocycles. The molecule has 0 unspecified atom stereocenters. The first-order valence-electron chi connectivity index (χ1n) is 11.9. The maximum absolute atomic E-state index is 12.3. The molecule has 0 bridgehead atoms. The van der Waals surface area contributed by atoms with E-state index >= 15 is 0 Å². The molecule has 2 amide bonds. The number of hydrogen-bond acceptors (Lipinski definition) is 5. The Morgan fingerprint density at radius 3 is 2.41 bits per heavy atom. The average Bonchev–Trinajstić information content (AvgIpc) is 3.51. The first kappa shape index (κ1) is 21.3. The largest absolute Gasteiger partial charge is 0.444 e. The lowest BCUT2D eigenvalue weighted by molar-refractivity contribution is -0.117. The van der Waals surface area contributed by atoms with Crippen LogP contribution in [0.25, 0.3) is 0 Å². The number of carbonyl (C=O) groups excluding carboxylic acids is 2. The molecule has 5 rings (SSSR count). The molecular formula is C25H34N4O3. The van der Waals surface area contributed by atoms with E-state index in [-0.39, 0.29) is 12.0 Å². The molecule has 0 aromatic heterocycles. The number of amides is 2. The fourth-order valence-corrected chi connectivity index (χ4v) is 5.12. The van der Waals surface area contributed by atoms with Crippen LogP contribution in [0.4, 0.5) is 16.2 Å². The highest BCUT2D eigenvalue weighted by molar-refractivity contribution is 6.12. The first-order chi connectivity index (χ1) is 15.2. The van der Waals surface area contributed by atoms with Crippen molar-refractivity contribution in [2.24, 2.45) is 5.92 Å². The monoisotopic (exact) mass is 438 g/mol. The predicted octanol–water partition coefficient (Wildman–Crippen LogP) is 3.22. The van der Waals surface area contributed by atoms with Crippen molar-refractivity contribution in [1.82, 2.24) is 9.80 Å². The molecule has 3 heterocycles. The molecule has 1 aromatic rings. The van der Waals surface area contributed by atoms with Crippen molar-refractivity contribution in [2.75, 3.05) is 56.0 Å². The smallest absolute Gasteiger partial charge is 0.410 e. The number of benzene rings is 1. The van der Waals surface area contributed by atoms with Gasteiger partial charge in [0.25, 0.3) is 0 Å². The third-order valence-corrected chi connectivity index (χ3v) is 7.09. The summed E-state index contributed by atoms with van der Waals surface area (Å²) in [7, 11) is 0. The Hall–Kier alpha value is -2.54. The van der Waals surface area contributed by atoms with Crippen LogP contribution in [-0.2, 0) is 14.9 Å². The van der Waals surface area contributed by atoms with Gasteiger partial charge in [-0.05, 0) is 57.7 Å². The third-order valence-electron chi connectivity index (χ3n) is 7.09. The number of carbonyl (C=O) groups is 2. The molecule has 0 atom stereocenters. The van der Waals surface area contributed by atoms with Crippen LogP contribution >= 0.6 is 0 Å². The molecule has 1 aromatic carbocycles. The van der Waals surface area contributed by atoms with E-state index in [0.29, 0.717) is 5.92 Å². The summed E-state index contributed by atoms with van der Waals surface area (Å²) >= 11 is 0. The molecule has 7 nitrogen and oxygen atoms in total. The molecule has 1 spiro atoms. The predicted molar refractivity (Wildman–Crippen MR) is 125 cm³/mol. The van der Waals surface area contributed by atoms with E-state index in [4.69, 9.17) is 4.74 Å². The van der Waals surface area contributed by atoms with Crippen molar-refractivity contribution in [2.45, 2.75) is 44.6 Å². The normalized spacial score (nSPS) is 22.8. The fraction of sp³-hybridized carbons (Fsp3) is 0.600. The van der Waals surface area contributed by atoms with Gasteiger partial charge < -0.3 is 19.9 Å². The van der Waals surface area contributed by atoms with Gasteiger partial charge in [0.1, 0.15) is 11.0 Å². The van der Waals surface area contributed by atoms with Crippen molar-refractivity contribution in [3.05, 3.63) is 35.9 Å². The Morgan fingerprint density at radius 2 is 1.78 bits per heavy atom. The van der Waals surface area contributed by atoms with Crippen molar-refractivity contribution < 1.29 is 14.3 Å². The summed E-state index contributed by atoms with van der Waals surface area (Å²) in [6.07, 6.45) is 5.88. The van der Waals surface area contributed by atoms with E-state index in [9.17, 15) is 9.59 Å². The summed E-state index contributed by atoms with van der Waals surface area (Å²) in [5, 5.41) is 2.99. The number of nitrogens with zero attached hydrogens (tertiary/aromatic N) is 3. The highest BCUT2D eigenvalue weighted by Gasteiger charge is 2.50. The minimum absolute atomic E-state index is 0.0761. The van der Waals surface area contributed by atoms with Crippen LogP contribution in [0.1, 0.15) is 39.2 Å². The minimum Gasteiger partial charge on any atom is -0.444 e. The van der Waals surface area contributed by atoms with Crippen LogP contribution in [0.15, 0.2) is 30.4 Å². The number of hydrogen-bond donors (Lipinski definition) is 1. The van der Waals surface area contributed by atoms with Crippen molar-refractivity contribution in [3.8, 4) is 0 Å². The lowest BCUT2D eigenvalue weighted by atomic mass is 9.94. The Kier molecular flexibility index (Phi) is 5.19. The van der Waals surface area contributed by atoms with E-state index < -0.39 is 11.0 Å². The number of piperazine rings is 1. The zero-order chi connectivity index (χ0) is 22.5. The van der Waals surface area contributed by atoms with Gasteiger partial charge in [-0.15, -0.1) is 0 Å². The quantitative estimate of drug-likeness (QED) is 0.734. The standard InChI is InChI=1S/C25H34N4O3/c1-24(2,3)32-23(31)29-10-6-18(7-11-29)17-27-12-14-28(15-13-27)19-4-5-21-20(16-19)25(8-9-25)22(30)26-21/h4-5,8-9,16,18H,6-7,10-15,17H2,1-3H3,(H,26,30). The Morgan fingerprint density at radius 1 is 1.09 bits per heavy atom. The number of anilines is 2. The SMILES string of the molecule is CC(C)(C)OC(=O)N1CCC(CN2CCN(c3ccc4c(c3)C3(C=C3)C(=O)N4)CC2)CC1. The molecule has 4 aliphatic rings. The van der Waals surface area contributed by atoms with Crippen molar-refractivity contribution >= 4 is 23.4 Å². The van der Waals surface area contributed by atoms with Gasteiger partial charge in [0.2, 0.25) is 5.91 Å².